The van der Waals surface area contributed by atoms with Crippen molar-refractivity contribution in [3.63, 3.8) is 0 Å². The van der Waals surface area contributed by atoms with Crippen molar-refractivity contribution in [1.29, 1.82) is 0 Å². The van der Waals surface area contributed by atoms with Crippen LogP contribution in [-0.2, 0) is 4.74 Å². The number of hydrogen-bond acceptors (Lipinski definition) is 3. The molecule has 0 amide bonds. The monoisotopic (exact) mass is 179 g/mol. The van der Waals surface area contributed by atoms with Crippen LogP contribution in [0.4, 0.5) is 0 Å². The zero-order valence-electron chi connectivity index (χ0n) is 7.62. The Morgan fingerprint density at radius 1 is 1.38 bits per heavy atom. The molecule has 0 unspecified atom stereocenters. The van der Waals surface area contributed by atoms with E-state index in [1.165, 1.54) is 5.56 Å². The van der Waals surface area contributed by atoms with Crippen LogP contribution in [0.2, 0.25) is 0 Å². The third-order valence-electron chi connectivity index (χ3n) is 2.23. The van der Waals surface area contributed by atoms with Gasteiger partial charge in [0.15, 0.2) is 0 Å². The third kappa shape index (κ3) is 1.82. The topological polar surface area (TPSA) is 30.5 Å². The van der Waals surface area contributed by atoms with E-state index < -0.39 is 0 Å². The summed E-state index contributed by atoms with van der Waals surface area (Å²) in [5, 5.41) is 3.25. The van der Waals surface area contributed by atoms with Crippen molar-refractivity contribution in [2.45, 2.75) is 6.04 Å². The van der Waals surface area contributed by atoms with Gasteiger partial charge in [-0.3, -0.25) is 5.32 Å². The second-order valence-electron chi connectivity index (χ2n) is 3.04. The molecule has 13 heavy (non-hydrogen) atoms. The molecule has 0 aromatic heterocycles. The van der Waals surface area contributed by atoms with Gasteiger partial charge in [-0.1, -0.05) is 12.1 Å². The normalized spacial score (nSPS) is 21.8. The summed E-state index contributed by atoms with van der Waals surface area (Å²) in [5.41, 5.74) is 1.25. The molecule has 0 bridgehead atoms. The maximum atomic E-state index is 5.23. The molecule has 1 N–H and O–H groups in total. The lowest BCUT2D eigenvalue weighted by Gasteiger charge is -2.08. The summed E-state index contributed by atoms with van der Waals surface area (Å²) < 4.78 is 10.3. The zero-order chi connectivity index (χ0) is 9.10. The van der Waals surface area contributed by atoms with Crippen LogP contribution in [0.1, 0.15) is 11.6 Å². The summed E-state index contributed by atoms with van der Waals surface area (Å²) in [6.45, 7) is 1.41. The average molecular weight is 179 g/mol. The Morgan fingerprint density at radius 3 is 2.69 bits per heavy atom. The molecule has 1 fully saturated rings. The SMILES string of the molecule is COc1ccc([C@@H]2COCN2)cc1. The molecule has 0 saturated carbocycles. The van der Waals surface area contributed by atoms with Crippen molar-refractivity contribution in [2.75, 3.05) is 20.4 Å². The molecular formula is C10H13NO2. The van der Waals surface area contributed by atoms with Crippen LogP contribution < -0.4 is 10.1 Å². The number of benzene rings is 1. The molecule has 1 aliphatic rings. The summed E-state index contributed by atoms with van der Waals surface area (Å²) in [5.74, 6) is 0.891. The Hall–Kier alpha value is -1.06. The smallest absolute Gasteiger partial charge is 0.118 e. The van der Waals surface area contributed by atoms with Gasteiger partial charge in [0.1, 0.15) is 5.75 Å². The van der Waals surface area contributed by atoms with Gasteiger partial charge in [-0.2, -0.15) is 0 Å². The minimum Gasteiger partial charge on any atom is -0.497 e. The van der Waals surface area contributed by atoms with E-state index in [0.29, 0.717) is 12.8 Å². The van der Waals surface area contributed by atoms with Gasteiger partial charge < -0.3 is 9.47 Å². The van der Waals surface area contributed by atoms with Crippen LogP contribution in [0.25, 0.3) is 0 Å². The highest BCUT2D eigenvalue weighted by Crippen LogP contribution is 2.19. The summed E-state index contributed by atoms with van der Waals surface area (Å²) in [6, 6.07) is 8.40. The summed E-state index contributed by atoms with van der Waals surface area (Å²) in [6.07, 6.45) is 0. The van der Waals surface area contributed by atoms with E-state index >= 15 is 0 Å². The van der Waals surface area contributed by atoms with E-state index in [-0.39, 0.29) is 0 Å². The minimum atomic E-state index is 0.339. The van der Waals surface area contributed by atoms with E-state index in [1.54, 1.807) is 7.11 Å². The molecule has 0 aliphatic carbocycles. The first-order chi connectivity index (χ1) is 6.40. The maximum Gasteiger partial charge on any atom is 0.118 e. The number of ether oxygens (including phenoxy) is 2. The first kappa shape index (κ1) is 8.53. The highest BCUT2D eigenvalue weighted by molar-refractivity contribution is 5.29. The molecule has 3 heteroatoms. The van der Waals surface area contributed by atoms with Gasteiger partial charge >= 0.3 is 0 Å². The number of rotatable bonds is 2. The van der Waals surface area contributed by atoms with Crippen molar-refractivity contribution in [2.24, 2.45) is 0 Å². The molecule has 2 rings (SSSR count). The van der Waals surface area contributed by atoms with Gasteiger partial charge in [0, 0.05) is 0 Å². The minimum absolute atomic E-state index is 0.339. The van der Waals surface area contributed by atoms with Crippen LogP contribution in [0, 0.1) is 0 Å². The molecule has 1 aromatic rings. The van der Waals surface area contributed by atoms with Crippen molar-refractivity contribution in [1.82, 2.24) is 5.32 Å². The molecule has 1 aliphatic heterocycles. The summed E-state index contributed by atoms with van der Waals surface area (Å²) in [7, 11) is 1.67. The lowest BCUT2D eigenvalue weighted by molar-refractivity contribution is 0.189. The van der Waals surface area contributed by atoms with Crippen LogP contribution in [-0.4, -0.2) is 20.4 Å². The summed E-state index contributed by atoms with van der Waals surface area (Å²) in [4.78, 5) is 0. The highest BCUT2D eigenvalue weighted by atomic mass is 16.5. The van der Waals surface area contributed by atoms with E-state index in [4.69, 9.17) is 9.47 Å². The molecule has 1 atom stereocenters. The maximum absolute atomic E-state index is 5.23. The molecule has 1 aromatic carbocycles. The molecule has 0 spiro atoms. The zero-order valence-corrected chi connectivity index (χ0v) is 7.62. The number of nitrogens with one attached hydrogen (secondary N) is 1. The van der Waals surface area contributed by atoms with Gasteiger partial charge in [-0.05, 0) is 17.7 Å². The van der Waals surface area contributed by atoms with E-state index in [9.17, 15) is 0 Å². The molecule has 1 heterocycles. The number of methoxy groups -OCH3 is 1. The Labute approximate surface area is 77.7 Å². The Balaban J connectivity index is 2.12. The predicted molar refractivity (Wildman–Crippen MR) is 49.7 cm³/mol. The lowest BCUT2D eigenvalue weighted by atomic mass is 10.1. The quantitative estimate of drug-likeness (QED) is 0.742. The van der Waals surface area contributed by atoms with Crippen LogP contribution >= 0.6 is 0 Å². The highest BCUT2D eigenvalue weighted by Gasteiger charge is 2.15. The Morgan fingerprint density at radius 2 is 2.15 bits per heavy atom. The fourth-order valence-electron chi connectivity index (χ4n) is 1.45. The second kappa shape index (κ2) is 3.77. The second-order valence-corrected chi connectivity index (χ2v) is 3.04. The first-order valence-corrected chi connectivity index (χ1v) is 4.35. The molecule has 3 nitrogen and oxygen atoms in total. The van der Waals surface area contributed by atoms with Crippen molar-refractivity contribution in [3.05, 3.63) is 29.8 Å². The molecule has 70 valence electrons. The largest absolute Gasteiger partial charge is 0.497 e. The van der Waals surface area contributed by atoms with E-state index in [2.05, 4.69) is 17.4 Å². The van der Waals surface area contributed by atoms with Gasteiger partial charge in [0.2, 0.25) is 0 Å². The standard InChI is InChI=1S/C10H13NO2/c1-12-9-4-2-8(3-5-9)10-6-13-7-11-10/h2-5,10-11H,6-7H2,1H3/t10-/m0/s1. The first-order valence-electron chi connectivity index (χ1n) is 4.35. The number of hydrogen-bond donors (Lipinski definition) is 1. The van der Waals surface area contributed by atoms with Crippen molar-refractivity contribution in [3.8, 4) is 5.75 Å². The molecular weight excluding hydrogens is 166 g/mol. The fraction of sp³-hybridized carbons (Fsp3) is 0.400. The Bertz CT molecular complexity index is 265. The average Bonchev–Trinajstić information content (AvgIpc) is 2.71. The molecule has 0 radical (unpaired) electrons. The predicted octanol–water partition coefficient (Wildman–Crippen LogP) is 1.31. The summed E-state index contributed by atoms with van der Waals surface area (Å²) >= 11 is 0. The fourth-order valence-corrected chi connectivity index (χ4v) is 1.45. The molecule has 1 saturated heterocycles. The van der Waals surface area contributed by atoms with Crippen LogP contribution in [0.15, 0.2) is 24.3 Å². The van der Waals surface area contributed by atoms with Crippen LogP contribution in [0.5, 0.6) is 5.75 Å². The van der Waals surface area contributed by atoms with Gasteiger partial charge in [-0.15, -0.1) is 0 Å². The van der Waals surface area contributed by atoms with E-state index in [0.717, 1.165) is 12.4 Å². The lowest BCUT2D eigenvalue weighted by Crippen LogP contribution is -2.14. The Kier molecular flexibility index (Phi) is 2.47. The van der Waals surface area contributed by atoms with Crippen LogP contribution in [0.3, 0.4) is 0 Å². The van der Waals surface area contributed by atoms with Crippen molar-refractivity contribution >= 4 is 0 Å². The van der Waals surface area contributed by atoms with Gasteiger partial charge in [0.05, 0.1) is 26.5 Å². The van der Waals surface area contributed by atoms with Gasteiger partial charge in [-0.25, -0.2) is 0 Å². The van der Waals surface area contributed by atoms with Crippen molar-refractivity contribution < 1.29 is 9.47 Å². The van der Waals surface area contributed by atoms with E-state index in [1.807, 2.05) is 12.1 Å². The van der Waals surface area contributed by atoms with Gasteiger partial charge in [0.25, 0.3) is 0 Å². The third-order valence-corrected chi connectivity index (χ3v) is 2.23.